The van der Waals surface area contributed by atoms with Gasteiger partial charge in [0.2, 0.25) is 0 Å². The maximum Gasteiger partial charge on any atom is 0.456 e. The Morgan fingerprint density at radius 3 is 2.21 bits per heavy atom. The summed E-state index contributed by atoms with van der Waals surface area (Å²) in [5.74, 6) is -5.09. The van der Waals surface area contributed by atoms with Crippen LogP contribution in [0.3, 0.4) is 0 Å². The fourth-order valence-corrected chi connectivity index (χ4v) is 3.17. The van der Waals surface area contributed by atoms with Crippen molar-refractivity contribution >= 4 is 15.7 Å². The van der Waals surface area contributed by atoms with Gasteiger partial charge in [0, 0.05) is 14.1 Å². The Morgan fingerprint density at radius 2 is 1.72 bits per heavy atom. The summed E-state index contributed by atoms with van der Waals surface area (Å²) in [5, 5.41) is 0. The minimum Gasteiger partial charge on any atom is -0.485 e. The van der Waals surface area contributed by atoms with E-state index >= 15 is 0 Å². The maximum atomic E-state index is 13.0. The van der Waals surface area contributed by atoms with Crippen molar-refractivity contribution in [1.29, 1.82) is 0 Å². The molecule has 0 radical (unpaired) electrons. The van der Waals surface area contributed by atoms with Crippen LogP contribution < -0.4 is 9.64 Å². The van der Waals surface area contributed by atoms with Crippen molar-refractivity contribution in [3.8, 4) is 17.1 Å². The van der Waals surface area contributed by atoms with Gasteiger partial charge in [-0.1, -0.05) is 6.92 Å². The van der Waals surface area contributed by atoms with Crippen LogP contribution in [0.5, 0.6) is 5.75 Å². The van der Waals surface area contributed by atoms with Crippen LogP contribution in [0, 0.1) is 0 Å². The number of hydrogen-bond acceptors (Lipinski definition) is 6. The number of anilines is 1. The first-order valence-corrected chi connectivity index (χ1v) is 9.88. The molecule has 2 rings (SSSR count). The van der Waals surface area contributed by atoms with E-state index in [9.17, 15) is 30.4 Å². The number of nitrogens with zero attached hydrogens (tertiary/aromatic N) is 3. The first-order valence-electron chi connectivity index (χ1n) is 8.23. The molecule has 0 unspecified atom stereocenters. The molecule has 0 fully saturated rings. The third-order valence-corrected chi connectivity index (χ3v) is 5.59. The van der Waals surface area contributed by atoms with Gasteiger partial charge in [-0.15, -0.1) is 0 Å². The lowest BCUT2D eigenvalue weighted by molar-refractivity contribution is -0.290. The number of halogens is 5. The van der Waals surface area contributed by atoms with Gasteiger partial charge in [0.1, 0.15) is 17.3 Å². The molecule has 0 N–H and O–H groups in total. The van der Waals surface area contributed by atoms with Crippen LogP contribution in [0.25, 0.3) is 11.4 Å². The molecule has 2 heterocycles. The fraction of sp³-hybridized carbons (Fsp3) is 0.412. The largest absolute Gasteiger partial charge is 0.485 e. The molecule has 0 atom stereocenters. The number of hydrogen-bond donors (Lipinski definition) is 0. The molecule has 29 heavy (non-hydrogen) atoms. The van der Waals surface area contributed by atoms with Gasteiger partial charge in [-0.05, 0) is 24.3 Å². The summed E-state index contributed by atoms with van der Waals surface area (Å²) in [5.41, 5.74) is 0.126. The van der Waals surface area contributed by atoms with Gasteiger partial charge in [0.15, 0.2) is 16.4 Å². The first kappa shape index (κ1) is 22.8. The molecule has 2 aromatic heterocycles. The number of ether oxygens (including phenoxy) is 1. The molecular weight excluding hydrogens is 421 g/mol. The van der Waals surface area contributed by atoms with Gasteiger partial charge in [-0.25, -0.2) is 13.4 Å². The van der Waals surface area contributed by atoms with E-state index in [1.807, 2.05) is 0 Å². The predicted molar refractivity (Wildman–Crippen MR) is 96.0 cm³/mol. The summed E-state index contributed by atoms with van der Waals surface area (Å²) in [6, 6.07) is 5.24. The molecule has 12 heteroatoms. The highest BCUT2D eigenvalue weighted by Gasteiger charge is 2.58. The van der Waals surface area contributed by atoms with E-state index < -0.39 is 28.5 Å². The van der Waals surface area contributed by atoms with Crippen LogP contribution in [-0.2, 0) is 9.84 Å². The summed E-state index contributed by atoms with van der Waals surface area (Å²) >= 11 is 0. The summed E-state index contributed by atoms with van der Waals surface area (Å²) in [6.45, 7) is -0.439. The van der Waals surface area contributed by atoms with E-state index in [1.165, 1.54) is 25.1 Å². The molecule has 6 nitrogen and oxygen atoms in total. The van der Waals surface area contributed by atoms with Gasteiger partial charge in [0.25, 0.3) is 0 Å². The van der Waals surface area contributed by atoms with Crippen LogP contribution in [0.4, 0.5) is 27.8 Å². The Kier molecular flexibility index (Phi) is 6.36. The molecule has 0 aliphatic heterocycles. The number of aromatic nitrogens is 2. The molecule has 0 spiro atoms. The molecule has 2 aromatic rings. The third-order valence-electron chi connectivity index (χ3n) is 3.83. The summed E-state index contributed by atoms with van der Waals surface area (Å²) in [6.07, 6.45) is -4.81. The SMILES string of the molecule is CCS(=O)(=O)c1ccc(N(C)C)nc1-c1ccc(OCC(F)(F)C(F)(F)F)cn1. The second-order valence-electron chi connectivity index (χ2n) is 6.18. The Hall–Kier alpha value is -2.50. The molecule has 0 bridgehead atoms. The van der Waals surface area contributed by atoms with Crippen molar-refractivity contribution in [3.05, 3.63) is 30.5 Å². The number of rotatable bonds is 7. The quantitative estimate of drug-likeness (QED) is 0.615. The third kappa shape index (κ3) is 5.11. The van der Waals surface area contributed by atoms with E-state index in [0.29, 0.717) is 5.82 Å². The van der Waals surface area contributed by atoms with E-state index in [4.69, 9.17) is 0 Å². The van der Waals surface area contributed by atoms with E-state index in [-0.39, 0.29) is 27.8 Å². The van der Waals surface area contributed by atoms with E-state index in [1.54, 1.807) is 19.0 Å². The molecule has 0 saturated heterocycles. The molecule has 0 aliphatic rings. The van der Waals surface area contributed by atoms with Crippen molar-refractivity contribution in [2.75, 3.05) is 31.4 Å². The lowest BCUT2D eigenvalue weighted by atomic mass is 10.2. The minimum absolute atomic E-state index is 0.0326. The van der Waals surface area contributed by atoms with Crippen LogP contribution in [0.1, 0.15) is 6.92 Å². The van der Waals surface area contributed by atoms with Gasteiger partial charge in [-0.2, -0.15) is 22.0 Å². The maximum absolute atomic E-state index is 13.0. The number of alkyl halides is 5. The lowest BCUT2D eigenvalue weighted by Crippen LogP contribution is -2.41. The Morgan fingerprint density at radius 1 is 1.07 bits per heavy atom. The zero-order valence-corrected chi connectivity index (χ0v) is 16.5. The van der Waals surface area contributed by atoms with Gasteiger partial charge >= 0.3 is 12.1 Å². The minimum atomic E-state index is -5.74. The number of pyridine rings is 2. The monoisotopic (exact) mass is 439 g/mol. The second-order valence-corrected chi connectivity index (χ2v) is 8.43. The highest BCUT2D eigenvalue weighted by molar-refractivity contribution is 7.91. The first-order chi connectivity index (χ1) is 13.3. The average Bonchev–Trinajstić information content (AvgIpc) is 2.65. The van der Waals surface area contributed by atoms with Gasteiger partial charge in [0.05, 0.1) is 22.5 Å². The second kappa shape index (κ2) is 8.09. The topological polar surface area (TPSA) is 72.4 Å². The van der Waals surface area contributed by atoms with Crippen molar-refractivity contribution in [2.45, 2.75) is 23.9 Å². The fourth-order valence-electron chi connectivity index (χ4n) is 2.14. The number of sulfone groups is 1. The zero-order chi connectivity index (χ0) is 22.0. The summed E-state index contributed by atoms with van der Waals surface area (Å²) in [4.78, 5) is 9.77. The van der Waals surface area contributed by atoms with Crippen molar-refractivity contribution in [1.82, 2.24) is 9.97 Å². The summed E-state index contributed by atoms with van der Waals surface area (Å²) < 4.78 is 91.7. The van der Waals surface area contributed by atoms with E-state index in [0.717, 1.165) is 12.3 Å². The molecule has 0 amide bonds. The highest BCUT2D eigenvalue weighted by Crippen LogP contribution is 2.36. The van der Waals surface area contributed by atoms with Crippen LogP contribution in [0.2, 0.25) is 0 Å². The van der Waals surface area contributed by atoms with Crippen LogP contribution in [-0.4, -0.2) is 56.9 Å². The Labute approximate surface area is 164 Å². The smallest absolute Gasteiger partial charge is 0.456 e. The Balaban J connectivity index is 2.37. The molecule has 0 saturated carbocycles. The van der Waals surface area contributed by atoms with Crippen LogP contribution >= 0.6 is 0 Å². The standard InChI is InChI=1S/C17H18F5N3O3S/c1-4-29(26,27)13-7-8-14(25(2)3)24-15(13)12-6-5-11(9-23-12)28-10-16(18,19)17(20,21)22/h5-9H,4,10H2,1-3H3. The molecule has 160 valence electrons. The van der Waals surface area contributed by atoms with Crippen molar-refractivity contribution < 1.29 is 35.1 Å². The molecule has 0 aromatic carbocycles. The van der Waals surface area contributed by atoms with E-state index in [2.05, 4.69) is 14.7 Å². The average molecular weight is 439 g/mol. The Bertz CT molecular complexity index is 961. The van der Waals surface area contributed by atoms with Gasteiger partial charge in [-0.3, -0.25) is 4.98 Å². The normalized spacial score (nSPS) is 12.7. The molecule has 0 aliphatic carbocycles. The van der Waals surface area contributed by atoms with Crippen LogP contribution in [0.15, 0.2) is 35.4 Å². The highest BCUT2D eigenvalue weighted by atomic mass is 32.2. The van der Waals surface area contributed by atoms with Gasteiger partial charge < -0.3 is 9.64 Å². The summed E-state index contributed by atoms with van der Waals surface area (Å²) in [7, 11) is -0.253. The zero-order valence-electron chi connectivity index (χ0n) is 15.7. The lowest BCUT2D eigenvalue weighted by Gasteiger charge is -2.19. The van der Waals surface area contributed by atoms with Crippen molar-refractivity contribution in [2.24, 2.45) is 0 Å². The van der Waals surface area contributed by atoms with Crippen molar-refractivity contribution in [3.63, 3.8) is 0 Å². The predicted octanol–water partition coefficient (Wildman–Crippen LogP) is 3.58. The molecular formula is C17H18F5N3O3S.